The molecule has 3 N–H and O–H groups in total. The SMILES string of the molecule is O=C(O)CCC(NC(=O)/C=C/c1ccccc1F)C(=O)O. The van der Waals surface area contributed by atoms with Gasteiger partial charge in [0.1, 0.15) is 11.9 Å². The fourth-order valence-corrected chi connectivity index (χ4v) is 1.52. The first-order valence-electron chi connectivity index (χ1n) is 6.08. The second-order valence-corrected chi connectivity index (χ2v) is 4.19. The van der Waals surface area contributed by atoms with Crippen LogP contribution in [-0.4, -0.2) is 34.1 Å². The van der Waals surface area contributed by atoms with Crippen molar-refractivity contribution in [1.29, 1.82) is 0 Å². The molecule has 0 fully saturated rings. The Kier molecular flexibility index (Phi) is 6.06. The van der Waals surface area contributed by atoms with Gasteiger partial charge in [-0.25, -0.2) is 9.18 Å². The molecule has 0 aliphatic heterocycles. The monoisotopic (exact) mass is 295 g/mol. The Morgan fingerprint density at radius 2 is 1.90 bits per heavy atom. The summed E-state index contributed by atoms with van der Waals surface area (Å²) in [4.78, 5) is 32.8. The van der Waals surface area contributed by atoms with Gasteiger partial charge in [0, 0.05) is 18.1 Å². The van der Waals surface area contributed by atoms with Crippen LogP contribution >= 0.6 is 0 Å². The Hall–Kier alpha value is -2.70. The molecule has 0 saturated carbocycles. The molecule has 7 heteroatoms. The third-order valence-corrected chi connectivity index (χ3v) is 2.58. The average Bonchev–Trinajstić information content (AvgIpc) is 2.42. The molecule has 112 valence electrons. The molecule has 1 atom stereocenters. The number of rotatable bonds is 7. The van der Waals surface area contributed by atoms with E-state index in [2.05, 4.69) is 5.32 Å². The molecule has 0 spiro atoms. The Morgan fingerprint density at radius 3 is 2.48 bits per heavy atom. The smallest absolute Gasteiger partial charge is 0.326 e. The minimum absolute atomic E-state index is 0.185. The van der Waals surface area contributed by atoms with E-state index in [0.717, 1.165) is 6.08 Å². The molecule has 21 heavy (non-hydrogen) atoms. The number of hydrogen-bond donors (Lipinski definition) is 3. The number of hydrogen-bond acceptors (Lipinski definition) is 3. The first kappa shape index (κ1) is 16.4. The summed E-state index contributed by atoms with van der Waals surface area (Å²) in [6.45, 7) is 0. The summed E-state index contributed by atoms with van der Waals surface area (Å²) in [6.07, 6.45) is 1.59. The summed E-state index contributed by atoms with van der Waals surface area (Å²) in [5.41, 5.74) is 0.185. The average molecular weight is 295 g/mol. The van der Waals surface area contributed by atoms with Crippen LogP contribution in [-0.2, 0) is 14.4 Å². The zero-order valence-electron chi connectivity index (χ0n) is 11.0. The van der Waals surface area contributed by atoms with Crippen LogP contribution in [0.25, 0.3) is 6.08 Å². The van der Waals surface area contributed by atoms with Gasteiger partial charge in [0.05, 0.1) is 0 Å². The first-order valence-corrected chi connectivity index (χ1v) is 6.08. The van der Waals surface area contributed by atoms with Crippen LogP contribution in [0.5, 0.6) is 0 Å². The van der Waals surface area contributed by atoms with Crippen molar-refractivity contribution >= 4 is 23.9 Å². The van der Waals surface area contributed by atoms with Gasteiger partial charge in [-0.15, -0.1) is 0 Å². The van der Waals surface area contributed by atoms with Crippen molar-refractivity contribution in [2.45, 2.75) is 18.9 Å². The van der Waals surface area contributed by atoms with Crippen molar-refractivity contribution in [3.63, 3.8) is 0 Å². The molecular weight excluding hydrogens is 281 g/mol. The maximum absolute atomic E-state index is 13.3. The van der Waals surface area contributed by atoms with E-state index in [1.807, 2.05) is 0 Å². The molecule has 1 rings (SSSR count). The molecule has 0 heterocycles. The standard InChI is InChI=1S/C14H14FNO5/c15-10-4-2-1-3-9(10)5-7-12(17)16-11(14(20)21)6-8-13(18)19/h1-5,7,11H,6,8H2,(H,16,17)(H,18,19)(H,20,21)/b7-5+. The lowest BCUT2D eigenvalue weighted by Gasteiger charge is -2.11. The van der Waals surface area contributed by atoms with Crippen molar-refractivity contribution in [1.82, 2.24) is 5.32 Å². The number of carboxylic acids is 2. The highest BCUT2D eigenvalue weighted by atomic mass is 19.1. The molecule has 1 aromatic carbocycles. The van der Waals surface area contributed by atoms with E-state index in [1.165, 1.54) is 24.3 Å². The van der Waals surface area contributed by atoms with Gasteiger partial charge in [-0.2, -0.15) is 0 Å². The Balaban J connectivity index is 2.64. The van der Waals surface area contributed by atoms with Crippen LogP contribution in [0.3, 0.4) is 0 Å². The number of carbonyl (C=O) groups excluding carboxylic acids is 1. The normalized spacial score (nSPS) is 12.0. The van der Waals surface area contributed by atoms with Gasteiger partial charge in [-0.3, -0.25) is 9.59 Å². The van der Waals surface area contributed by atoms with Gasteiger partial charge in [-0.05, 0) is 18.6 Å². The number of carboxylic acid groups (broad SMARTS) is 2. The number of carbonyl (C=O) groups is 3. The minimum Gasteiger partial charge on any atom is -0.481 e. The zero-order valence-corrected chi connectivity index (χ0v) is 11.0. The first-order chi connectivity index (χ1) is 9.90. The largest absolute Gasteiger partial charge is 0.481 e. The highest BCUT2D eigenvalue weighted by Crippen LogP contribution is 2.08. The van der Waals surface area contributed by atoms with E-state index >= 15 is 0 Å². The van der Waals surface area contributed by atoms with Gasteiger partial charge >= 0.3 is 11.9 Å². The molecular formula is C14H14FNO5. The van der Waals surface area contributed by atoms with Gasteiger partial charge in [-0.1, -0.05) is 18.2 Å². The number of benzene rings is 1. The number of nitrogens with one attached hydrogen (secondary N) is 1. The lowest BCUT2D eigenvalue weighted by atomic mass is 10.1. The van der Waals surface area contributed by atoms with Crippen LogP contribution in [0.2, 0.25) is 0 Å². The number of halogens is 1. The maximum atomic E-state index is 13.3. The predicted molar refractivity (Wildman–Crippen MR) is 71.9 cm³/mol. The van der Waals surface area contributed by atoms with E-state index in [0.29, 0.717) is 0 Å². The molecule has 0 aliphatic rings. The second-order valence-electron chi connectivity index (χ2n) is 4.19. The van der Waals surface area contributed by atoms with Crippen molar-refractivity contribution in [2.75, 3.05) is 0 Å². The van der Waals surface area contributed by atoms with Crippen LogP contribution in [0.4, 0.5) is 4.39 Å². The molecule has 0 bridgehead atoms. The van der Waals surface area contributed by atoms with E-state index in [4.69, 9.17) is 10.2 Å². The lowest BCUT2D eigenvalue weighted by molar-refractivity contribution is -0.142. The van der Waals surface area contributed by atoms with Crippen LogP contribution < -0.4 is 5.32 Å². The molecule has 1 aromatic rings. The molecule has 1 amide bonds. The molecule has 1 unspecified atom stereocenters. The van der Waals surface area contributed by atoms with E-state index in [9.17, 15) is 18.8 Å². The van der Waals surface area contributed by atoms with Crippen molar-refractivity contribution in [3.8, 4) is 0 Å². The highest BCUT2D eigenvalue weighted by Gasteiger charge is 2.19. The predicted octanol–water partition coefficient (Wildman–Crippen LogP) is 1.27. The minimum atomic E-state index is -1.33. The Labute approximate surface area is 119 Å². The molecule has 0 saturated heterocycles. The molecule has 0 aromatic heterocycles. The topological polar surface area (TPSA) is 104 Å². The molecule has 6 nitrogen and oxygen atoms in total. The van der Waals surface area contributed by atoms with Crippen LogP contribution in [0.15, 0.2) is 30.3 Å². The Bertz CT molecular complexity index is 570. The van der Waals surface area contributed by atoms with Crippen molar-refractivity contribution in [2.24, 2.45) is 0 Å². The van der Waals surface area contributed by atoms with Crippen molar-refractivity contribution < 1.29 is 29.0 Å². The summed E-state index contributed by atoms with van der Waals surface area (Å²) in [7, 11) is 0. The van der Waals surface area contributed by atoms with Crippen molar-refractivity contribution in [3.05, 3.63) is 41.7 Å². The van der Waals surface area contributed by atoms with Gasteiger partial charge in [0.25, 0.3) is 0 Å². The zero-order chi connectivity index (χ0) is 15.8. The van der Waals surface area contributed by atoms with E-state index in [-0.39, 0.29) is 18.4 Å². The molecule has 0 radical (unpaired) electrons. The van der Waals surface area contributed by atoms with Crippen LogP contribution in [0, 0.1) is 5.82 Å². The third-order valence-electron chi connectivity index (χ3n) is 2.58. The fraction of sp³-hybridized carbons (Fsp3) is 0.214. The lowest BCUT2D eigenvalue weighted by Crippen LogP contribution is -2.40. The van der Waals surface area contributed by atoms with E-state index in [1.54, 1.807) is 6.07 Å². The summed E-state index contributed by atoms with van der Waals surface area (Å²) >= 11 is 0. The highest BCUT2D eigenvalue weighted by molar-refractivity contribution is 5.94. The summed E-state index contributed by atoms with van der Waals surface area (Å²) in [6, 6.07) is 4.47. The van der Waals surface area contributed by atoms with Crippen LogP contribution in [0.1, 0.15) is 18.4 Å². The van der Waals surface area contributed by atoms with Gasteiger partial charge in [0.2, 0.25) is 5.91 Å². The van der Waals surface area contributed by atoms with Gasteiger partial charge in [0.15, 0.2) is 0 Å². The Morgan fingerprint density at radius 1 is 1.24 bits per heavy atom. The summed E-state index contributed by atoms with van der Waals surface area (Å²) in [5, 5.41) is 19.5. The second kappa shape index (κ2) is 7.78. The summed E-state index contributed by atoms with van der Waals surface area (Å²) < 4.78 is 13.3. The van der Waals surface area contributed by atoms with Gasteiger partial charge < -0.3 is 15.5 Å². The number of amides is 1. The number of aliphatic carboxylic acids is 2. The quantitative estimate of drug-likeness (QED) is 0.657. The third kappa shape index (κ3) is 5.85. The fourth-order valence-electron chi connectivity index (χ4n) is 1.52. The summed E-state index contributed by atoms with van der Waals surface area (Å²) in [5.74, 6) is -3.74. The molecule has 0 aliphatic carbocycles. The van der Waals surface area contributed by atoms with E-state index < -0.39 is 29.7 Å². The maximum Gasteiger partial charge on any atom is 0.326 e.